The van der Waals surface area contributed by atoms with Gasteiger partial charge in [-0.05, 0) is 53.1 Å². The van der Waals surface area contributed by atoms with Gasteiger partial charge in [0.1, 0.15) is 19.0 Å². The van der Waals surface area contributed by atoms with Gasteiger partial charge in [0.2, 0.25) is 0 Å². The lowest BCUT2D eigenvalue weighted by Crippen LogP contribution is -2.41. The van der Waals surface area contributed by atoms with E-state index in [-0.39, 0.29) is 18.4 Å². The maximum atomic E-state index is 13.5. The van der Waals surface area contributed by atoms with E-state index in [1.165, 1.54) is 4.90 Å². The van der Waals surface area contributed by atoms with Gasteiger partial charge in [-0.25, -0.2) is 0 Å². The van der Waals surface area contributed by atoms with Crippen molar-refractivity contribution in [3.8, 4) is 17.2 Å². The summed E-state index contributed by atoms with van der Waals surface area (Å²) < 4.78 is 16.5. The molecule has 0 N–H and O–H groups in total. The number of ether oxygens (including phenoxy) is 3. The zero-order chi connectivity index (χ0) is 22.1. The monoisotopic (exact) mass is 427 g/mol. The molecule has 32 heavy (non-hydrogen) atoms. The Hall–Kier alpha value is -4.06. The van der Waals surface area contributed by atoms with Gasteiger partial charge in [0.05, 0.1) is 13.7 Å². The first-order valence-corrected chi connectivity index (χ1v) is 10.3. The van der Waals surface area contributed by atoms with Crippen LogP contribution in [0.2, 0.25) is 0 Å². The second kappa shape index (κ2) is 8.23. The van der Waals surface area contributed by atoms with Crippen molar-refractivity contribution in [2.45, 2.75) is 6.54 Å². The zero-order valence-corrected chi connectivity index (χ0v) is 17.5. The SMILES string of the molecule is COc1ccc(CN2C(=O)C(=Cc3ccc4c(c3)OCCO4)c3ccccc3C2=O)cc1. The van der Waals surface area contributed by atoms with Crippen molar-refractivity contribution in [1.82, 2.24) is 4.90 Å². The van der Waals surface area contributed by atoms with Crippen LogP contribution in [0.15, 0.2) is 66.7 Å². The van der Waals surface area contributed by atoms with E-state index in [0.717, 1.165) is 16.9 Å². The molecule has 0 unspecified atom stereocenters. The molecule has 0 saturated carbocycles. The molecule has 0 atom stereocenters. The van der Waals surface area contributed by atoms with Crippen molar-refractivity contribution in [1.29, 1.82) is 0 Å². The first-order valence-electron chi connectivity index (χ1n) is 10.3. The number of hydrogen-bond donors (Lipinski definition) is 0. The summed E-state index contributed by atoms with van der Waals surface area (Å²) in [5.41, 5.74) is 3.23. The second-order valence-corrected chi connectivity index (χ2v) is 7.55. The molecule has 6 heteroatoms. The van der Waals surface area contributed by atoms with Crippen molar-refractivity contribution in [3.63, 3.8) is 0 Å². The molecule has 0 bridgehead atoms. The molecule has 0 aromatic heterocycles. The maximum absolute atomic E-state index is 13.5. The predicted molar refractivity (Wildman–Crippen MR) is 120 cm³/mol. The first-order chi connectivity index (χ1) is 15.6. The number of imide groups is 1. The number of methoxy groups -OCH3 is 1. The van der Waals surface area contributed by atoms with Gasteiger partial charge in [0.25, 0.3) is 11.8 Å². The Morgan fingerprint density at radius 2 is 1.59 bits per heavy atom. The quantitative estimate of drug-likeness (QED) is 0.462. The van der Waals surface area contributed by atoms with Crippen LogP contribution in [-0.2, 0) is 11.3 Å². The van der Waals surface area contributed by atoms with Crippen LogP contribution in [0.3, 0.4) is 0 Å². The minimum absolute atomic E-state index is 0.175. The van der Waals surface area contributed by atoms with Crippen LogP contribution in [0.4, 0.5) is 0 Å². The average molecular weight is 427 g/mol. The van der Waals surface area contributed by atoms with Gasteiger partial charge in [-0.1, -0.05) is 36.4 Å². The van der Waals surface area contributed by atoms with Crippen LogP contribution in [0.5, 0.6) is 17.2 Å². The average Bonchev–Trinajstić information content (AvgIpc) is 2.84. The number of hydrogen-bond acceptors (Lipinski definition) is 5. The van der Waals surface area contributed by atoms with Gasteiger partial charge in [-0.3, -0.25) is 14.5 Å². The van der Waals surface area contributed by atoms with Crippen molar-refractivity contribution >= 4 is 23.5 Å². The summed E-state index contributed by atoms with van der Waals surface area (Å²) in [4.78, 5) is 27.9. The normalized spacial score (nSPS) is 16.2. The van der Waals surface area contributed by atoms with Crippen molar-refractivity contribution in [3.05, 3.63) is 89.0 Å². The van der Waals surface area contributed by atoms with E-state index < -0.39 is 0 Å². The molecule has 0 spiro atoms. The van der Waals surface area contributed by atoms with E-state index in [1.807, 2.05) is 48.5 Å². The lowest BCUT2D eigenvalue weighted by atomic mass is 9.91. The smallest absolute Gasteiger partial charge is 0.261 e. The third-order valence-electron chi connectivity index (χ3n) is 5.55. The van der Waals surface area contributed by atoms with Gasteiger partial charge in [-0.15, -0.1) is 0 Å². The standard InChI is InChI=1S/C26H21NO5/c1-30-19-9-6-17(7-10-19)16-27-25(28)21-5-3-2-4-20(21)22(26(27)29)14-18-8-11-23-24(15-18)32-13-12-31-23/h2-11,14-15H,12-13,16H2,1H3. The number of carbonyl (C=O) groups is 2. The Kier molecular flexibility index (Phi) is 5.11. The molecule has 5 rings (SSSR count). The lowest BCUT2D eigenvalue weighted by Gasteiger charge is -2.29. The molecule has 0 fully saturated rings. The maximum Gasteiger partial charge on any atom is 0.261 e. The van der Waals surface area contributed by atoms with Crippen LogP contribution in [0, 0.1) is 0 Å². The molecule has 2 aliphatic heterocycles. The summed E-state index contributed by atoms with van der Waals surface area (Å²) in [6.45, 7) is 1.18. The predicted octanol–water partition coefficient (Wildman–Crippen LogP) is 4.19. The summed E-state index contributed by atoms with van der Waals surface area (Å²) in [5, 5.41) is 0. The van der Waals surface area contributed by atoms with Gasteiger partial charge in [0, 0.05) is 11.1 Å². The Labute approximate surface area is 185 Å². The Bertz CT molecular complexity index is 1230. The minimum Gasteiger partial charge on any atom is -0.497 e. The molecule has 0 radical (unpaired) electrons. The lowest BCUT2D eigenvalue weighted by molar-refractivity contribution is -0.123. The van der Waals surface area contributed by atoms with E-state index in [1.54, 1.807) is 31.4 Å². The summed E-state index contributed by atoms with van der Waals surface area (Å²) in [6, 6.07) is 20.1. The van der Waals surface area contributed by atoms with Crippen LogP contribution in [0.25, 0.3) is 11.6 Å². The highest BCUT2D eigenvalue weighted by molar-refractivity contribution is 6.33. The molecule has 160 valence electrons. The second-order valence-electron chi connectivity index (χ2n) is 7.55. The number of fused-ring (bicyclic) bond motifs is 2. The van der Waals surface area contributed by atoms with Crippen LogP contribution in [-0.4, -0.2) is 37.0 Å². The Morgan fingerprint density at radius 3 is 2.34 bits per heavy atom. The topological polar surface area (TPSA) is 65.1 Å². The first kappa shape index (κ1) is 19.9. The van der Waals surface area contributed by atoms with Crippen LogP contribution in [0.1, 0.15) is 27.0 Å². The molecule has 2 heterocycles. The molecule has 0 saturated heterocycles. The fraction of sp³-hybridized carbons (Fsp3) is 0.154. The fourth-order valence-electron chi connectivity index (χ4n) is 3.92. The number of benzene rings is 3. The van der Waals surface area contributed by atoms with E-state index >= 15 is 0 Å². The van der Waals surface area contributed by atoms with Gasteiger partial charge in [0.15, 0.2) is 11.5 Å². The largest absolute Gasteiger partial charge is 0.497 e. The van der Waals surface area contributed by atoms with E-state index in [2.05, 4.69) is 0 Å². The molecule has 2 amide bonds. The van der Waals surface area contributed by atoms with Crippen LogP contribution >= 0.6 is 0 Å². The fourth-order valence-corrected chi connectivity index (χ4v) is 3.92. The number of amides is 2. The summed E-state index contributed by atoms with van der Waals surface area (Å²) >= 11 is 0. The third-order valence-corrected chi connectivity index (χ3v) is 5.55. The van der Waals surface area contributed by atoms with E-state index in [0.29, 0.717) is 41.4 Å². The van der Waals surface area contributed by atoms with Crippen LogP contribution < -0.4 is 14.2 Å². The Morgan fingerprint density at radius 1 is 0.875 bits per heavy atom. The third kappa shape index (κ3) is 3.60. The van der Waals surface area contributed by atoms with E-state index in [9.17, 15) is 9.59 Å². The highest BCUT2D eigenvalue weighted by Gasteiger charge is 2.34. The van der Waals surface area contributed by atoms with Gasteiger partial charge in [-0.2, -0.15) is 0 Å². The molecule has 3 aromatic carbocycles. The molecule has 3 aromatic rings. The molecule has 2 aliphatic rings. The highest BCUT2D eigenvalue weighted by atomic mass is 16.6. The minimum atomic E-state index is -0.334. The number of rotatable bonds is 4. The van der Waals surface area contributed by atoms with Gasteiger partial charge >= 0.3 is 0 Å². The van der Waals surface area contributed by atoms with E-state index in [4.69, 9.17) is 14.2 Å². The van der Waals surface area contributed by atoms with Crippen molar-refractivity contribution < 1.29 is 23.8 Å². The summed E-state index contributed by atoms with van der Waals surface area (Å²) in [6.07, 6.45) is 1.80. The molecular formula is C26H21NO5. The number of carbonyl (C=O) groups excluding carboxylic acids is 2. The molecular weight excluding hydrogens is 406 g/mol. The van der Waals surface area contributed by atoms with Gasteiger partial charge < -0.3 is 14.2 Å². The molecule has 0 aliphatic carbocycles. The van der Waals surface area contributed by atoms with Crippen molar-refractivity contribution in [2.24, 2.45) is 0 Å². The zero-order valence-electron chi connectivity index (χ0n) is 17.5. The summed E-state index contributed by atoms with van der Waals surface area (Å²) in [5.74, 6) is 1.41. The molecule has 6 nitrogen and oxygen atoms in total. The Balaban J connectivity index is 1.54. The summed E-state index contributed by atoms with van der Waals surface area (Å²) in [7, 11) is 1.60. The number of nitrogens with zero attached hydrogens (tertiary/aromatic N) is 1. The highest BCUT2D eigenvalue weighted by Crippen LogP contribution is 2.35. The van der Waals surface area contributed by atoms with Crippen molar-refractivity contribution in [2.75, 3.05) is 20.3 Å².